The number of nitro groups is 1. The number of hydrogen-bond donors (Lipinski definition) is 1. The molecule has 0 spiro atoms. The van der Waals surface area contributed by atoms with Crippen LogP contribution in [0.15, 0.2) is 48.5 Å². The van der Waals surface area contributed by atoms with Gasteiger partial charge in [0.25, 0.3) is 11.8 Å². The van der Waals surface area contributed by atoms with Gasteiger partial charge in [-0.25, -0.2) is 0 Å². The monoisotopic (exact) mass is 358 g/mol. The van der Waals surface area contributed by atoms with Crippen molar-refractivity contribution in [1.82, 2.24) is 5.32 Å². The summed E-state index contributed by atoms with van der Waals surface area (Å²) in [5.41, 5.74) is -0.271. The molecule has 2 aromatic carbocycles. The van der Waals surface area contributed by atoms with Crippen molar-refractivity contribution in [2.24, 2.45) is 0 Å². The third-order valence-electron chi connectivity index (χ3n) is 3.48. The van der Waals surface area contributed by atoms with Crippen molar-refractivity contribution in [2.75, 3.05) is 13.2 Å². The molecule has 0 fully saturated rings. The number of carbonyl (C=O) groups excluding carboxylic acids is 2. The average molecular weight is 358 g/mol. The number of nitrogens with one attached hydrogen (secondary N) is 1. The number of nitrogens with zero attached hydrogens (tertiary/aromatic N) is 1. The Balaban J connectivity index is 1.54. The number of hydrogen-bond acceptors (Lipinski definition) is 7. The average Bonchev–Trinajstić information content (AvgIpc) is 2.66. The van der Waals surface area contributed by atoms with Crippen LogP contribution in [-0.4, -0.2) is 36.1 Å². The predicted octanol–water partition coefficient (Wildman–Crippen LogP) is 1.46. The number of ether oxygens (including phenoxy) is 3. The molecule has 1 aliphatic heterocycles. The van der Waals surface area contributed by atoms with Gasteiger partial charge in [-0.2, -0.15) is 0 Å². The van der Waals surface area contributed by atoms with Gasteiger partial charge in [-0.05, 0) is 18.2 Å². The molecule has 2 aromatic rings. The number of imide groups is 1. The van der Waals surface area contributed by atoms with Gasteiger partial charge in [-0.1, -0.05) is 24.3 Å². The van der Waals surface area contributed by atoms with E-state index in [-0.39, 0.29) is 18.0 Å². The molecule has 0 saturated carbocycles. The van der Waals surface area contributed by atoms with E-state index >= 15 is 0 Å². The summed E-state index contributed by atoms with van der Waals surface area (Å²) in [4.78, 5) is 34.2. The molecule has 0 unspecified atom stereocenters. The van der Waals surface area contributed by atoms with Crippen molar-refractivity contribution in [1.29, 1.82) is 0 Å². The summed E-state index contributed by atoms with van der Waals surface area (Å²) >= 11 is 0. The van der Waals surface area contributed by atoms with Gasteiger partial charge >= 0.3 is 5.69 Å². The van der Waals surface area contributed by atoms with E-state index in [1.54, 1.807) is 24.3 Å². The fraction of sp³-hybridized carbons (Fsp3) is 0.176. The first kappa shape index (κ1) is 17.2. The summed E-state index contributed by atoms with van der Waals surface area (Å²) < 4.78 is 16.0. The van der Waals surface area contributed by atoms with Crippen LogP contribution in [0.3, 0.4) is 0 Å². The van der Waals surface area contributed by atoms with Crippen molar-refractivity contribution in [2.45, 2.75) is 6.10 Å². The van der Waals surface area contributed by atoms with Gasteiger partial charge in [0.2, 0.25) is 6.10 Å². The minimum Gasteiger partial charge on any atom is -0.485 e. The van der Waals surface area contributed by atoms with Crippen LogP contribution in [0.1, 0.15) is 0 Å². The number of rotatable bonds is 5. The van der Waals surface area contributed by atoms with E-state index in [0.717, 1.165) is 0 Å². The van der Waals surface area contributed by atoms with Crippen LogP contribution in [0.2, 0.25) is 0 Å². The van der Waals surface area contributed by atoms with E-state index in [4.69, 9.17) is 14.2 Å². The lowest BCUT2D eigenvalue weighted by atomic mass is 10.2. The van der Waals surface area contributed by atoms with Crippen LogP contribution in [0.5, 0.6) is 17.2 Å². The van der Waals surface area contributed by atoms with E-state index in [0.29, 0.717) is 11.5 Å². The van der Waals surface area contributed by atoms with Crippen molar-refractivity contribution in [3.63, 3.8) is 0 Å². The number of carbonyl (C=O) groups is 2. The van der Waals surface area contributed by atoms with Crippen molar-refractivity contribution in [3.8, 4) is 17.2 Å². The topological polar surface area (TPSA) is 117 Å². The zero-order chi connectivity index (χ0) is 18.5. The third-order valence-corrected chi connectivity index (χ3v) is 3.48. The summed E-state index contributed by atoms with van der Waals surface area (Å²) in [6.45, 7) is -0.595. The maximum Gasteiger partial charge on any atom is 0.310 e. The van der Waals surface area contributed by atoms with E-state index in [2.05, 4.69) is 5.32 Å². The first-order valence-electron chi connectivity index (χ1n) is 7.63. The Morgan fingerprint density at radius 3 is 2.62 bits per heavy atom. The fourth-order valence-corrected chi connectivity index (χ4v) is 2.28. The highest BCUT2D eigenvalue weighted by atomic mass is 16.6. The van der Waals surface area contributed by atoms with Crippen LogP contribution in [0.4, 0.5) is 5.69 Å². The lowest BCUT2D eigenvalue weighted by Crippen LogP contribution is -2.47. The van der Waals surface area contributed by atoms with Gasteiger partial charge in [-0.3, -0.25) is 25.0 Å². The third kappa shape index (κ3) is 3.89. The zero-order valence-electron chi connectivity index (χ0n) is 13.4. The van der Waals surface area contributed by atoms with E-state index in [1.165, 1.54) is 24.3 Å². The Labute approximate surface area is 147 Å². The Hall–Kier alpha value is -3.62. The first-order chi connectivity index (χ1) is 12.5. The summed E-state index contributed by atoms with van der Waals surface area (Å²) in [6, 6.07) is 12.5. The molecule has 9 heteroatoms. The van der Waals surface area contributed by atoms with E-state index in [9.17, 15) is 19.7 Å². The summed E-state index contributed by atoms with van der Waals surface area (Å²) in [7, 11) is 0. The fourth-order valence-electron chi connectivity index (χ4n) is 2.28. The molecular weight excluding hydrogens is 344 g/mol. The summed E-state index contributed by atoms with van der Waals surface area (Å²) in [5, 5.41) is 13.0. The lowest BCUT2D eigenvalue weighted by molar-refractivity contribution is -0.385. The Morgan fingerprint density at radius 1 is 1.15 bits per heavy atom. The quantitative estimate of drug-likeness (QED) is 0.635. The molecule has 2 amide bonds. The van der Waals surface area contributed by atoms with Gasteiger partial charge in [0.1, 0.15) is 6.61 Å². The second-order valence-electron chi connectivity index (χ2n) is 5.29. The second kappa shape index (κ2) is 7.51. The molecule has 1 heterocycles. The van der Waals surface area contributed by atoms with Gasteiger partial charge < -0.3 is 14.2 Å². The van der Waals surface area contributed by atoms with E-state index < -0.39 is 29.4 Å². The second-order valence-corrected chi connectivity index (χ2v) is 5.29. The Morgan fingerprint density at radius 2 is 1.85 bits per heavy atom. The number of fused-ring (bicyclic) bond motifs is 1. The van der Waals surface area contributed by atoms with Crippen LogP contribution in [-0.2, 0) is 9.59 Å². The van der Waals surface area contributed by atoms with Crippen molar-refractivity contribution < 1.29 is 28.7 Å². The molecule has 134 valence electrons. The predicted molar refractivity (Wildman–Crippen MR) is 88.1 cm³/mol. The molecule has 26 heavy (non-hydrogen) atoms. The molecule has 3 rings (SSSR count). The van der Waals surface area contributed by atoms with Crippen LogP contribution in [0, 0.1) is 10.1 Å². The van der Waals surface area contributed by atoms with Gasteiger partial charge in [-0.15, -0.1) is 0 Å². The molecule has 1 atom stereocenters. The molecule has 0 aromatic heterocycles. The van der Waals surface area contributed by atoms with Gasteiger partial charge in [0.05, 0.1) is 4.92 Å². The Bertz CT molecular complexity index is 853. The SMILES string of the molecule is O=C(COc1ccccc1[N+](=O)[O-])NC(=O)[C@H]1COc2ccccc2O1. The lowest BCUT2D eigenvalue weighted by Gasteiger charge is -2.25. The van der Waals surface area contributed by atoms with Crippen molar-refractivity contribution in [3.05, 3.63) is 58.6 Å². The number of benzene rings is 2. The molecule has 0 bridgehead atoms. The molecular formula is C17H14N2O7. The number of para-hydroxylation sites is 4. The zero-order valence-corrected chi connectivity index (χ0v) is 13.4. The van der Waals surface area contributed by atoms with E-state index in [1.807, 2.05) is 0 Å². The highest BCUT2D eigenvalue weighted by molar-refractivity contribution is 5.98. The standard InChI is InChI=1S/C17H14N2O7/c20-16(10-25-12-6-2-1-5-11(12)19(22)23)18-17(21)15-9-24-13-7-3-4-8-14(13)26-15/h1-8,15H,9-10H2,(H,18,20,21)/t15-/m1/s1. The van der Waals surface area contributed by atoms with Gasteiger partial charge in [0.15, 0.2) is 23.9 Å². The summed E-state index contributed by atoms with van der Waals surface area (Å²) in [6.07, 6.45) is -0.986. The number of nitro benzene ring substituents is 1. The highest BCUT2D eigenvalue weighted by Crippen LogP contribution is 2.30. The first-order valence-corrected chi connectivity index (χ1v) is 7.63. The minimum atomic E-state index is -0.986. The molecule has 0 radical (unpaired) electrons. The molecule has 1 aliphatic rings. The normalized spacial score (nSPS) is 15.0. The Kier molecular flexibility index (Phi) is 4.97. The smallest absolute Gasteiger partial charge is 0.310 e. The molecule has 1 N–H and O–H groups in total. The molecule has 0 saturated heterocycles. The van der Waals surface area contributed by atoms with Gasteiger partial charge in [0, 0.05) is 6.07 Å². The summed E-state index contributed by atoms with van der Waals surface area (Å²) in [5.74, 6) is -0.581. The largest absolute Gasteiger partial charge is 0.485 e. The number of amides is 2. The maximum absolute atomic E-state index is 12.1. The minimum absolute atomic E-state index is 0.0405. The molecule has 0 aliphatic carbocycles. The van der Waals surface area contributed by atoms with Crippen LogP contribution >= 0.6 is 0 Å². The van der Waals surface area contributed by atoms with Crippen LogP contribution in [0.25, 0.3) is 0 Å². The maximum atomic E-state index is 12.1. The molecule has 9 nitrogen and oxygen atoms in total. The van der Waals surface area contributed by atoms with Crippen molar-refractivity contribution >= 4 is 17.5 Å². The van der Waals surface area contributed by atoms with Crippen LogP contribution < -0.4 is 19.5 Å². The highest BCUT2D eigenvalue weighted by Gasteiger charge is 2.28.